The van der Waals surface area contributed by atoms with Crippen LogP contribution in [-0.4, -0.2) is 35.3 Å². The van der Waals surface area contributed by atoms with Gasteiger partial charge in [0.25, 0.3) is 5.91 Å². The van der Waals surface area contributed by atoms with Crippen LogP contribution in [0.1, 0.15) is 56.2 Å². The molecule has 0 aliphatic carbocycles. The highest BCUT2D eigenvalue weighted by Gasteiger charge is 2.34. The van der Waals surface area contributed by atoms with Crippen LogP contribution in [0.3, 0.4) is 0 Å². The summed E-state index contributed by atoms with van der Waals surface area (Å²) in [5.41, 5.74) is 0.869. The Hall–Kier alpha value is -1.78. The summed E-state index contributed by atoms with van der Waals surface area (Å²) >= 11 is 0. The molecule has 1 aliphatic rings. The maximum Gasteiger partial charge on any atom is 0.287 e. The molecule has 1 fully saturated rings. The molecule has 0 saturated carbocycles. The van der Waals surface area contributed by atoms with Gasteiger partial charge >= 0.3 is 0 Å². The van der Waals surface area contributed by atoms with E-state index in [4.69, 9.17) is 4.42 Å². The molecular weight excluding hydrogens is 256 g/mol. The summed E-state index contributed by atoms with van der Waals surface area (Å²) < 4.78 is 5.27. The first-order valence-electron chi connectivity index (χ1n) is 7.10. The molecule has 5 nitrogen and oxygen atoms in total. The van der Waals surface area contributed by atoms with Crippen molar-refractivity contribution in [2.75, 3.05) is 6.54 Å². The van der Waals surface area contributed by atoms with E-state index in [1.807, 2.05) is 27.7 Å². The Morgan fingerprint density at radius 2 is 2.10 bits per heavy atom. The molecule has 1 aromatic heterocycles. The Morgan fingerprint density at radius 3 is 2.65 bits per heavy atom. The van der Waals surface area contributed by atoms with Gasteiger partial charge in [-0.25, -0.2) is 0 Å². The van der Waals surface area contributed by atoms with Gasteiger partial charge in [-0.15, -0.1) is 0 Å². The average Bonchev–Trinajstić information content (AvgIpc) is 2.97. The molecule has 110 valence electrons. The fraction of sp³-hybridized carbons (Fsp3) is 0.600. The number of rotatable bonds is 4. The van der Waals surface area contributed by atoms with Crippen molar-refractivity contribution in [2.24, 2.45) is 0 Å². The van der Waals surface area contributed by atoms with Gasteiger partial charge in [-0.3, -0.25) is 9.59 Å². The highest BCUT2D eigenvalue weighted by Crippen LogP contribution is 2.21. The Kier molecular flexibility index (Phi) is 4.16. The van der Waals surface area contributed by atoms with Crippen molar-refractivity contribution in [3.05, 3.63) is 23.7 Å². The average molecular weight is 278 g/mol. The molecule has 0 radical (unpaired) electrons. The van der Waals surface area contributed by atoms with Gasteiger partial charge in [0.1, 0.15) is 6.04 Å². The first kappa shape index (κ1) is 14.6. The molecule has 0 bridgehead atoms. The van der Waals surface area contributed by atoms with Gasteiger partial charge < -0.3 is 14.6 Å². The Bertz CT molecular complexity index is 505. The number of amides is 2. The van der Waals surface area contributed by atoms with Crippen LogP contribution in [0.15, 0.2) is 16.7 Å². The molecule has 2 heterocycles. The summed E-state index contributed by atoms with van der Waals surface area (Å²) in [6.45, 7) is 8.65. The normalized spacial score (nSPS) is 19.2. The van der Waals surface area contributed by atoms with E-state index < -0.39 is 6.04 Å². The minimum atomic E-state index is -0.435. The lowest BCUT2D eigenvalue weighted by Gasteiger charge is -2.21. The summed E-state index contributed by atoms with van der Waals surface area (Å²) in [6.07, 6.45) is 2.17. The van der Waals surface area contributed by atoms with E-state index in [0.29, 0.717) is 18.7 Å². The van der Waals surface area contributed by atoms with Crippen LogP contribution in [0, 0.1) is 0 Å². The van der Waals surface area contributed by atoms with Crippen molar-refractivity contribution in [2.45, 2.75) is 52.1 Å². The first-order valence-corrected chi connectivity index (χ1v) is 7.10. The third-order valence-corrected chi connectivity index (χ3v) is 3.69. The van der Waals surface area contributed by atoms with E-state index in [1.54, 1.807) is 11.0 Å². The third kappa shape index (κ3) is 2.71. The minimum Gasteiger partial charge on any atom is -0.459 e. The number of nitrogens with one attached hydrogen (secondary N) is 1. The van der Waals surface area contributed by atoms with Gasteiger partial charge in [0.2, 0.25) is 5.91 Å². The van der Waals surface area contributed by atoms with E-state index in [-0.39, 0.29) is 23.8 Å². The first-order chi connectivity index (χ1) is 9.41. The molecule has 5 heteroatoms. The van der Waals surface area contributed by atoms with Crippen LogP contribution in [0.4, 0.5) is 0 Å². The molecule has 20 heavy (non-hydrogen) atoms. The molecule has 2 amide bonds. The number of furan rings is 1. The molecule has 1 atom stereocenters. The zero-order valence-electron chi connectivity index (χ0n) is 12.5. The molecule has 2 rings (SSSR count). The predicted octanol–water partition coefficient (Wildman–Crippen LogP) is 2.14. The number of hydrogen-bond acceptors (Lipinski definition) is 3. The number of carbonyl (C=O) groups is 2. The smallest absolute Gasteiger partial charge is 0.287 e. The second-order valence-corrected chi connectivity index (χ2v) is 5.80. The highest BCUT2D eigenvalue weighted by atomic mass is 16.3. The molecule has 1 saturated heterocycles. The predicted molar refractivity (Wildman–Crippen MR) is 75.5 cm³/mol. The van der Waals surface area contributed by atoms with Crippen molar-refractivity contribution in [3.63, 3.8) is 0 Å². The zero-order chi connectivity index (χ0) is 14.9. The van der Waals surface area contributed by atoms with Crippen LogP contribution in [0.25, 0.3) is 0 Å². The topological polar surface area (TPSA) is 62.6 Å². The summed E-state index contributed by atoms with van der Waals surface area (Å²) in [4.78, 5) is 26.2. The Labute approximate surface area is 119 Å². The van der Waals surface area contributed by atoms with Gasteiger partial charge in [0, 0.05) is 18.2 Å². The maximum atomic E-state index is 12.2. The summed E-state index contributed by atoms with van der Waals surface area (Å²) in [7, 11) is 0. The molecule has 0 spiro atoms. The second-order valence-electron chi connectivity index (χ2n) is 5.80. The summed E-state index contributed by atoms with van der Waals surface area (Å²) in [5.74, 6) is 0.213. The fourth-order valence-corrected chi connectivity index (χ4v) is 2.53. The quantitative estimate of drug-likeness (QED) is 0.917. The van der Waals surface area contributed by atoms with E-state index in [0.717, 1.165) is 5.56 Å². The minimum absolute atomic E-state index is 0.00833. The van der Waals surface area contributed by atoms with Gasteiger partial charge in [-0.05, 0) is 32.3 Å². The lowest BCUT2D eigenvalue weighted by molar-refractivity contribution is -0.130. The van der Waals surface area contributed by atoms with E-state index >= 15 is 0 Å². The Morgan fingerprint density at radius 1 is 1.40 bits per heavy atom. The summed E-state index contributed by atoms with van der Waals surface area (Å²) in [6, 6.07) is 1.53. The summed E-state index contributed by atoms with van der Waals surface area (Å²) in [5, 5.41) is 2.79. The van der Waals surface area contributed by atoms with Crippen LogP contribution < -0.4 is 5.32 Å². The van der Waals surface area contributed by atoms with Crippen LogP contribution in [-0.2, 0) is 4.79 Å². The lowest BCUT2D eigenvalue weighted by Crippen LogP contribution is -2.43. The van der Waals surface area contributed by atoms with E-state index in [2.05, 4.69) is 5.32 Å². The van der Waals surface area contributed by atoms with Crippen LogP contribution >= 0.6 is 0 Å². The standard InChI is InChI=1S/C15H22N2O3/c1-9(2)11-6-8-20-13(11)14(18)16-12-5-7-17(10(3)4)15(12)19/h6,8-10,12H,5,7H2,1-4H3,(H,16,18). The van der Waals surface area contributed by atoms with Crippen molar-refractivity contribution in [3.8, 4) is 0 Å². The van der Waals surface area contributed by atoms with Gasteiger partial charge in [0.15, 0.2) is 5.76 Å². The molecule has 1 aromatic rings. The largest absolute Gasteiger partial charge is 0.459 e. The van der Waals surface area contributed by atoms with E-state index in [1.165, 1.54) is 6.26 Å². The molecular formula is C15H22N2O3. The van der Waals surface area contributed by atoms with Gasteiger partial charge in [0.05, 0.1) is 6.26 Å². The van der Waals surface area contributed by atoms with Crippen LogP contribution in [0.2, 0.25) is 0 Å². The molecule has 1 N–H and O–H groups in total. The zero-order valence-corrected chi connectivity index (χ0v) is 12.5. The Balaban J connectivity index is 2.06. The molecule has 1 unspecified atom stereocenters. The molecule has 1 aliphatic heterocycles. The lowest BCUT2D eigenvalue weighted by atomic mass is 10.0. The van der Waals surface area contributed by atoms with Gasteiger partial charge in [-0.2, -0.15) is 0 Å². The van der Waals surface area contributed by atoms with Crippen molar-refractivity contribution < 1.29 is 14.0 Å². The monoisotopic (exact) mass is 278 g/mol. The van der Waals surface area contributed by atoms with Crippen molar-refractivity contribution in [1.82, 2.24) is 10.2 Å². The highest BCUT2D eigenvalue weighted by molar-refractivity contribution is 5.97. The number of carbonyl (C=O) groups excluding carboxylic acids is 2. The number of likely N-dealkylation sites (tertiary alicyclic amines) is 1. The fourth-order valence-electron chi connectivity index (χ4n) is 2.53. The second kappa shape index (κ2) is 5.69. The number of nitrogens with zero attached hydrogens (tertiary/aromatic N) is 1. The SMILES string of the molecule is CC(C)c1ccoc1C(=O)NC1CCN(C(C)C)C1=O. The number of hydrogen-bond donors (Lipinski definition) is 1. The third-order valence-electron chi connectivity index (χ3n) is 3.69. The van der Waals surface area contributed by atoms with Crippen LogP contribution in [0.5, 0.6) is 0 Å². The molecule has 0 aromatic carbocycles. The van der Waals surface area contributed by atoms with Gasteiger partial charge in [-0.1, -0.05) is 13.8 Å². The van der Waals surface area contributed by atoms with E-state index in [9.17, 15) is 9.59 Å². The maximum absolute atomic E-state index is 12.2. The van der Waals surface area contributed by atoms with Crippen molar-refractivity contribution >= 4 is 11.8 Å². The van der Waals surface area contributed by atoms with Crippen molar-refractivity contribution in [1.29, 1.82) is 0 Å².